The maximum atomic E-state index is 11.2. The van der Waals surface area contributed by atoms with Gasteiger partial charge in [0.05, 0.1) is 5.92 Å². The van der Waals surface area contributed by atoms with E-state index in [2.05, 4.69) is 6.92 Å². The molecule has 19 heavy (non-hydrogen) atoms. The SMILES string of the molecule is CCCN(CC(C)C(=O)O)c1ccc(C(C)=O)cc1. The first-order valence-electron chi connectivity index (χ1n) is 6.54. The van der Waals surface area contributed by atoms with Gasteiger partial charge in [0.2, 0.25) is 0 Å². The summed E-state index contributed by atoms with van der Waals surface area (Å²) in [4.78, 5) is 24.2. The van der Waals surface area contributed by atoms with E-state index in [9.17, 15) is 9.59 Å². The minimum Gasteiger partial charge on any atom is -0.481 e. The zero-order valence-electron chi connectivity index (χ0n) is 11.7. The average molecular weight is 263 g/mol. The Hall–Kier alpha value is -1.84. The topological polar surface area (TPSA) is 57.6 Å². The largest absolute Gasteiger partial charge is 0.481 e. The first-order valence-corrected chi connectivity index (χ1v) is 6.54. The Balaban J connectivity index is 2.86. The maximum absolute atomic E-state index is 11.2. The number of nitrogens with zero attached hydrogens (tertiary/aromatic N) is 1. The Morgan fingerprint density at radius 2 is 1.84 bits per heavy atom. The van der Waals surface area contributed by atoms with Gasteiger partial charge in [0.25, 0.3) is 0 Å². The summed E-state index contributed by atoms with van der Waals surface area (Å²) in [7, 11) is 0. The number of carbonyl (C=O) groups is 2. The predicted octanol–water partition coefficient (Wildman–Crippen LogP) is 2.83. The van der Waals surface area contributed by atoms with Crippen LogP contribution in [0.2, 0.25) is 0 Å². The molecular formula is C15H21NO3. The fraction of sp³-hybridized carbons (Fsp3) is 0.467. The molecule has 0 aromatic heterocycles. The third-order valence-corrected chi connectivity index (χ3v) is 3.05. The minimum atomic E-state index is -0.790. The van der Waals surface area contributed by atoms with E-state index in [4.69, 9.17) is 5.11 Å². The molecule has 0 heterocycles. The van der Waals surface area contributed by atoms with E-state index < -0.39 is 11.9 Å². The smallest absolute Gasteiger partial charge is 0.308 e. The molecule has 0 amide bonds. The molecule has 0 aliphatic heterocycles. The highest BCUT2D eigenvalue weighted by Gasteiger charge is 2.16. The molecule has 1 aromatic carbocycles. The van der Waals surface area contributed by atoms with Crippen molar-refractivity contribution in [3.05, 3.63) is 29.8 Å². The van der Waals surface area contributed by atoms with Gasteiger partial charge in [-0.05, 0) is 37.6 Å². The Labute approximate surface area is 114 Å². The van der Waals surface area contributed by atoms with Crippen molar-refractivity contribution >= 4 is 17.4 Å². The zero-order chi connectivity index (χ0) is 14.4. The summed E-state index contributed by atoms with van der Waals surface area (Å²) in [5, 5.41) is 8.99. The van der Waals surface area contributed by atoms with Crippen molar-refractivity contribution in [2.75, 3.05) is 18.0 Å². The molecule has 1 N–H and O–H groups in total. The molecule has 1 atom stereocenters. The highest BCUT2D eigenvalue weighted by atomic mass is 16.4. The Kier molecular flexibility index (Phi) is 5.55. The summed E-state index contributed by atoms with van der Waals surface area (Å²) >= 11 is 0. The molecular weight excluding hydrogens is 242 g/mol. The number of aliphatic carboxylic acids is 1. The van der Waals surface area contributed by atoms with E-state index in [1.54, 1.807) is 19.1 Å². The predicted molar refractivity (Wildman–Crippen MR) is 75.8 cm³/mol. The van der Waals surface area contributed by atoms with Gasteiger partial charge in [-0.1, -0.05) is 13.8 Å². The van der Waals surface area contributed by atoms with E-state index in [1.807, 2.05) is 17.0 Å². The highest BCUT2D eigenvalue weighted by molar-refractivity contribution is 5.94. The fourth-order valence-electron chi connectivity index (χ4n) is 1.91. The molecule has 1 unspecified atom stereocenters. The normalized spacial score (nSPS) is 11.9. The van der Waals surface area contributed by atoms with Crippen LogP contribution in [0.25, 0.3) is 0 Å². The molecule has 0 saturated heterocycles. The number of Topliss-reactive ketones (excluding diaryl/α,β-unsaturated/α-hetero) is 1. The van der Waals surface area contributed by atoms with Gasteiger partial charge in [-0.15, -0.1) is 0 Å². The first-order chi connectivity index (χ1) is 8.95. The fourth-order valence-corrected chi connectivity index (χ4v) is 1.91. The second-order valence-corrected chi connectivity index (χ2v) is 4.79. The molecule has 0 radical (unpaired) electrons. The van der Waals surface area contributed by atoms with E-state index in [1.165, 1.54) is 6.92 Å². The van der Waals surface area contributed by atoms with Crippen molar-refractivity contribution in [1.82, 2.24) is 0 Å². The van der Waals surface area contributed by atoms with E-state index in [0.717, 1.165) is 18.7 Å². The summed E-state index contributed by atoms with van der Waals surface area (Å²) in [6.07, 6.45) is 0.945. The van der Waals surface area contributed by atoms with Crippen LogP contribution in [0.15, 0.2) is 24.3 Å². The quantitative estimate of drug-likeness (QED) is 0.768. The van der Waals surface area contributed by atoms with Gasteiger partial charge < -0.3 is 10.0 Å². The first kappa shape index (κ1) is 15.2. The number of benzene rings is 1. The number of carboxylic acid groups (broad SMARTS) is 1. The van der Waals surface area contributed by atoms with Crippen LogP contribution in [-0.2, 0) is 4.79 Å². The van der Waals surface area contributed by atoms with E-state index in [-0.39, 0.29) is 5.78 Å². The summed E-state index contributed by atoms with van der Waals surface area (Å²) < 4.78 is 0. The minimum absolute atomic E-state index is 0.0347. The number of anilines is 1. The molecule has 104 valence electrons. The van der Waals surface area contributed by atoms with Gasteiger partial charge >= 0.3 is 5.97 Å². The summed E-state index contributed by atoms with van der Waals surface area (Å²) in [5.41, 5.74) is 1.63. The van der Waals surface area contributed by atoms with E-state index >= 15 is 0 Å². The van der Waals surface area contributed by atoms with Crippen LogP contribution >= 0.6 is 0 Å². The molecule has 0 saturated carbocycles. The van der Waals surface area contributed by atoms with Gasteiger partial charge in [0.15, 0.2) is 5.78 Å². The van der Waals surface area contributed by atoms with Crippen molar-refractivity contribution < 1.29 is 14.7 Å². The molecule has 0 aliphatic carbocycles. The number of carboxylic acids is 1. The van der Waals surface area contributed by atoms with Crippen LogP contribution in [-0.4, -0.2) is 29.9 Å². The van der Waals surface area contributed by atoms with Crippen LogP contribution in [0.5, 0.6) is 0 Å². The highest BCUT2D eigenvalue weighted by Crippen LogP contribution is 2.17. The van der Waals surface area contributed by atoms with E-state index in [0.29, 0.717) is 12.1 Å². The monoisotopic (exact) mass is 263 g/mol. The molecule has 1 aromatic rings. The summed E-state index contributed by atoms with van der Waals surface area (Å²) in [6, 6.07) is 7.32. The molecule has 0 bridgehead atoms. The van der Waals surface area contributed by atoms with Gasteiger partial charge in [0, 0.05) is 24.3 Å². The number of hydrogen-bond acceptors (Lipinski definition) is 3. The third-order valence-electron chi connectivity index (χ3n) is 3.05. The lowest BCUT2D eigenvalue weighted by Gasteiger charge is -2.26. The zero-order valence-corrected chi connectivity index (χ0v) is 11.7. The number of carbonyl (C=O) groups excluding carboxylic acids is 1. The van der Waals surface area contributed by atoms with Crippen LogP contribution in [0, 0.1) is 5.92 Å². The third kappa shape index (κ3) is 4.39. The second-order valence-electron chi connectivity index (χ2n) is 4.79. The molecule has 1 rings (SSSR count). The second kappa shape index (κ2) is 6.92. The summed E-state index contributed by atoms with van der Waals surface area (Å²) in [6.45, 7) is 6.57. The number of hydrogen-bond donors (Lipinski definition) is 1. The molecule has 0 aliphatic rings. The lowest BCUT2D eigenvalue weighted by Crippen LogP contribution is -2.32. The van der Waals surface area contributed by atoms with Crippen molar-refractivity contribution in [3.8, 4) is 0 Å². The molecule has 0 fully saturated rings. The van der Waals surface area contributed by atoms with Crippen LogP contribution in [0.4, 0.5) is 5.69 Å². The van der Waals surface area contributed by atoms with Gasteiger partial charge in [0.1, 0.15) is 0 Å². The van der Waals surface area contributed by atoms with Crippen molar-refractivity contribution in [1.29, 1.82) is 0 Å². The van der Waals surface area contributed by atoms with Gasteiger partial charge in [-0.25, -0.2) is 0 Å². The average Bonchev–Trinajstić information content (AvgIpc) is 2.38. The van der Waals surface area contributed by atoms with Crippen LogP contribution < -0.4 is 4.90 Å². The van der Waals surface area contributed by atoms with Crippen molar-refractivity contribution in [2.24, 2.45) is 5.92 Å². The summed E-state index contributed by atoms with van der Waals surface area (Å²) in [5.74, 6) is -1.17. The lowest BCUT2D eigenvalue weighted by atomic mass is 10.1. The standard InChI is InChI=1S/C15H21NO3/c1-4-9-16(10-11(2)15(18)19)14-7-5-13(6-8-14)12(3)17/h5-8,11H,4,9-10H2,1-3H3,(H,18,19). The van der Waals surface area contributed by atoms with Crippen LogP contribution in [0.3, 0.4) is 0 Å². The lowest BCUT2D eigenvalue weighted by molar-refractivity contribution is -0.140. The molecule has 0 spiro atoms. The van der Waals surface area contributed by atoms with Crippen molar-refractivity contribution in [2.45, 2.75) is 27.2 Å². The maximum Gasteiger partial charge on any atom is 0.308 e. The number of ketones is 1. The Morgan fingerprint density at radius 3 is 2.26 bits per heavy atom. The molecule has 4 nitrogen and oxygen atoms in total. The Bertz CT molecular complexity index is 439. The van der Waals surface area contributed by atoms with Crippen molar-refractivity contribution in [3.63, 3.8) is 0 Å². The van der Waals surface area contributed by atoms with Gasteiger partial charge in [-0.3, -0.25) is 9.59 Å². The molecule has 4 heteroatoms. The Morgan fingerprint density at radius 1 is 1.26 bits per heavy atom. The number of rotatable bonds is 7. The van der Waals surface area contributed by atoms with Crippen LogP contribution in [0.1, 0.15) is 37.6 Å². The van der Waals surface area contributed by atoms with Gasteiger partial charge in [-0.2, -0.15) is 0 Å².